The predicted octanol–water partition coefficient (Wildman–Crippen LogP) is 5.15. The number of methoxy groups -OCH3 is 1. The van der Waals surface area contributed by atoms with Crippen molar-refractivity contribution in [2.75, 3.05) is 12.4 Å². The van der Waals surface area contributed by atoms with Crippen molar-refractivity contribution in [1.29, 1.82) is 5.26 Å². The molecule has 1 N–H and O–H groups in total. The smallest absolute Gasteiger partial charge is 0.266 e. The summed E-state index contributed by atoms with van der Waals surface area (Å²) in [5.41, 5.74) is 1.30. The number of hydrogen-bond donors (Lipinski definition) is 1. The number of halogens is 1. The second-order valence-corrected chi connectivity index (χ2v) is 6.00. The summed E-state index contributed by atoms with van der Waals surface area (Å²) in [5.74, 6) is 1.09. The summed E-state index contributed by atoms with van der Waals surface area (Å²) in [5, 5.41) is 12.6. The summed E-state index contributed by atoms with van der Waals surface area (Å²) >= 11 is 5.88. The standard InChI is InChI=1S/C21H15ClN2O3/c1-26-18-4-2-3-17(12-18)24-21(25)15(13-23)11-19-9-10-20(27-19)14-5-7-16(22)8-6-14/h2-12H,1H3,(H,24,25). The van der Waals surface area contributed by atoms with Crippen LogP contribution < -0.4 is 10.1 Å². The molecule has 27 heavy (non-hydrogen) atoms. The van der Waals surface area contributed by atoms with Crippen LogP contribution in [0.4, 0.5) is 5.69 Å². The maximum atomic E-state index is 12.4. The number of amides is 1. The van der Waals surface area contributed by atoms with Gasteiger partial charge in [0.25, 0.3) is 5.91 Å². The number of benzene rings is 2. The summed E-state index contributed by atoms with van der Waals surface area (Å²) in [6.07, 6.45) is 1.40. The van der Waals surface area contributed by atoms with Crippen LogP contribution in [-0.2, 0) is 4.79 Å². The molecule has 3 rings (SSSR count). The summed E-state index contributed by atoms with van der Waals surface area (Å²) in [4.78, 5) is 12.4. The zero-order valence-corrected chi connectivity index (χ0v) is 15.2. The first-order chi connectivity index (χ1) is 13.1. The van der Waals surface area contributed by atoms with Crippen molar-refractivity contribution in [1.82, 2.24) is 0 Å². The molecule has 2 aromatic carbocycles. The summed E-state index contributed by atoms with van der Waals surface area (Å²) in [6.45, 7) is 0. The summed E-state index contributed by atoms with van der Waals surface area (Å²) in [7, 11) is 1.54. The Morgan fingerprint density at radius 3 is 2.67 bits per heavy atom. The lowest BCUT2D eigenvalue weighted by atomic mass is 10.2. The van der Waals surface area contributed by atoms with E-state index < -0.39 is 5.91 Å². The molecule has 0 aliphatic rings. The number of anilines is 1. The van der Waals surface area contributed by atoms with Crippen LogP contribution in [0.25, 0.3) is 17.4 Å². The second-order valence-electron chi connectivity index (χ2n) is 5.56. The van der Waals surface area contributed by atoms with Crippen LogP contribution in [0.2, 0.25) is 5.02 Å². The molecule has 0 spiro atoms. The Labute approximate surface area is 161 Å². The number of furan rings is 1. The van der Waals surface area contributed by atoms with Crippen LogP contribution in [0.1, 0.15) is 5.76 Å². The molecule has 0 radical (unpaired) electrons. The number of carbonyl (C=O) groups excluding carboxylic acids is 1. The maximum Gasteiger partial charge on any atom is 0.266 e. The van der Waals surface area contributed by atoms with Gasteiger partial charge in [0.1, 0.15) is 28.9 Å². The van der Waals surface area contributed by atoms with Gasteiger partial charge in [-0.05, 0) is 48.5 Å². The van der Waals surface area contributed by atoms with E-state index in [0.29, 0.717) is 28.0 Å². The third-order valence-corrected chi connectivity index (χ3v) is 3.99. The van der Waals surface area contributed by atoms with E-state index in [0.717, 1.165) is 5.56 Å². The topological polar surface area (TPSA) is 75.3 Å². The monoisotopic (exact) mass is 378 g/mol. The highest BCUT2D eigenvalue weighted by Crippen LogP contribution is 2.25. The van der Waals surface area contributed by atoms with E-state index >= 15 is 0 Å². The molecule has 0 unspecified atom stereocenters. The third-order valence-electron chi connectivity index (χ3n) is 3.73. The molecule has 5 nitrogen and oxygen atoms in total. The Kier molecular flexibility index (Phi) is 5.60. The van der Waals surface area contributed by atoms with Crippen LogP contribution in [0.3, 0.4) is 0 Å². The SMILES string of the molecule is COc1cccc(NC(=O)C(C#N)=Cc2ccc(-c3ccc(Cl)cc3)o2)c1. The molecular weight excluding hydrogens is 364 g/mol. The molecule has 3 aromatic rings. The van der Waals surface area contributed by atoms with Crippen molar-refractivity contribution >= 4 is 29.3 Å². The molecule has 0 aliphatic carbocycles. The molecule has 0 aliphatic heterocycles. The Morgan fingerprint density at radius 1 is 1.19 bits per heavy atom. The predicted molar refractivity (Wildman–Crippen MR) is 104 cm³/mol. The van der Waals surface area contributed by atoms with Crippen LogP contribution in [0.5, 0.6) is 5.75 Å². The highest BCUT2D eigenvalue weighted by molar-refractivity contribution is 6.30. The number of ether oxygens (including phenoxy) is 1. The van der Waals surface area contributed by atoms with Crippen molar-refractivity contribution in [2.45, 2.75) is 0 Å². The fourth-order valence-corrected chi connectivity index (χ4v) is 2.52. The summed E-state index contributed by atoms with van der Waals surface area (Å²) < 4.78 is 10.8. The molecule has 0 saturated carbocycles. The van der Waals surface area contributed by atoms with Crippen LogP contribution >= 0.6 is 11.6 Å². The van der Waals surface area contributed by atoms with E-state index in [2.05, 4.69) is 5.32 Å². The third kappa shape index (κ3) is 4.57. The van der Waals surface area contributed by atoms with Gasteiger partial charge in [-0.25, -0.2) is 0 Å². The average Bonchev–Trinajstić information content (AvgIpc) is 3.15. The van der Waals surface area contributed by atoms with Gasteiger partial charge in [0.2, 0.25) is 0 Å². The minimum Gasteiger partial charge on any atom is -0.497 e. The van der Waals surface area contributed by atoms with Crippen LogP contribution in [0.15, 0.2) is 70.7 Å². The molecule has 0 bridgehead atoms. The number of nitrogens with one attached hydrogen (secondary N) is 1. The highest BCUT2D eigenvalue weighted by atomic mass is 35.5. The van der Waals surface area contributed by atoms with E-state index in [1.807, 2.05) is 18.2 Å². The van der Waals surface area contributed by atoms with Crippen molar-refractivity contribution in [3.63, 3.8) is 0 Å². The van der Waals surface area contributed by atoms with Crippen LogP contribution in [-0.4, -0.2) is 13.0 Å². The fourth-order valence-electron chi connectivity index (χ4n) is 2.39. The molecule has 1 heterocycles. The van der Waals surface area contributed by atoms with Crippen LogP contribution in [0, 0.1) is 11.3 Å². The number of nitriles is 1. The quantitative estimate of drug-likeness (QED) is 0.491. The molecule has 1 amide bonds. The molecule has 1 aromatic heterocycles. The minimum absolute atomic E-state index is 0.0742. The van der Waals surface area contributed by atoms with E-state index in [4.69, 9.17) is 20.8 Å². The minimum atomic E-state index is -0.532. The summed E-state index contributed by atoms with van der Waals surface area (Å²) in [6, 6.07) is 19.4. The second kappa shape index (κ2) is 8.26. The van der Waals surface area contributed by atoms with E-state index in [-0.39, 0.29) is 5.57 Å². The van der Waals surface area contributed by atoms with Gasteiger partial charge >= 0.3 is 0 Å². The zero-order valence-electron chi connectivity index (χ0n) is 14.4. The first kappa shape index (κ1) is 18.3. The largest absolute Gasteiger partial charge is 0.497 e. The lowest BCUT2D eigenvalue weighted by molar-refractivity contribution is -0.112. The lowest BCUT2D eigenvalue weighted by Crippen LogP contribution is -2.13. The van der Waals surface area contributed by atoms with Gasteiger partial charge < -0.3 is 14.5 Å². The van der Waals surface area contributed by atoms with Gasteiger partial charge in [-0.2, -0.15) is 5.26 Å². The van der Waals surface area contributed by atoms with Crippen molar-refractivity contribution < 1.29 is 13.9 Å². The molecule has 0 fully saturated rings. The number of carbonyl (C=O) groups is 1. The molecule has 134 valence electrons. The van der Waals surface area contributed by atoms with Gasteiger partial charge in [-0.3, -0.25) is 4.79 Å². The number of rotatable bonds is 5. The average molecular weight is 379 g/mol. The zero-order chi connectivity index (χ0) is 19.2. The Hall–Kier alpha value is -3.49. The molecular formula is C21H15ClN2O3. The Balaban J connectivity index is 1.78. The van der Waals surface area contributed by atoms with Gasteiger partial charge in [0.15, 0.2) is 0 Å². The maximum absolute atomic E-state index is 12.4. The fraction of sp³-hybridized carbons (Fsp3) is 0.0476. The van der Waals surface area contributed by atoms with Gasteiger partial charge in [-0.15, -0.1) is 0 Å². The van der Waals surface area contributed by atoms with Crippen molar-refractivity contribution in [3.05, 3.63) is 77.0 Å². The Morgan fingerprint density at radius 2 is 1.96 bits per heavy atom. The highest BCUT2D eigenvalue weighted by Gasteiger charge is 2.12. The molecule has 0 atom stereocenters. The first-order valence-corrected chi connectivity index (χ1v) is 8.40. The number of hydrogen-bond acceptors (Lipinski definition) is 4. The van der Waals surface area contributed by atoms with E-state index in [9.17, 15) is 10.1 Å². The van der Waals surface area contributed by atoms with Gasteiger partial charge in [-0.1, -0.05) is 17.7 Å². The number of nitrogens with zero attached hydrogens (tertiary/aromatic N) is 1. The van der Waals surface area contributed by atoms with Gasteiger partial charge in [0, 0.05) is 28.4 Å². The van der Waals surface area contributed by atoms with E-state index in [1.54, 1.807) is 48.5 Å². The van der Waals surface area contributed by atoms with Gasteiger partial charge in [0.05, 0.1) is 7.11 Å². The molecule has 6 heteroatoms. The van der Waals surface area contributed by atoms with Crippen molar-refractivity contribution in [3.8, 4) is 23.1 Å². The molecule has 0 saturated heterocycles. The lowest BCUT2D eigenvalue weighted by Gasteiger charge is -2.06. The van der Waals surface area contributed by atoms with Crippen molar-refractivity contribution in [2.24, 2.45) is 0 Å². The first-order valence-electron chi connectivity index (χ1n) is 8.02. The normalized spacial score (nSPS) is 10.9. The van der Waals surface area contributed by atoms with E-state index in [1.165, 1.54) is 13.2 Å². The Bertz CT molecular complexity index is 1030.